The lowest BCUT2D eigenvalue weighted by Crippen LogP contribution is -2.46. The highest BCUT2D eigenvalue weighted by atomic mass is 16.7. The van der Waals surface area contributed by atoms with Gasteiger partial charge in [-0.1, -0.05) is 108 Å². The molecule has 7 heteroatoms. The molecule has 0 aromatic carbocycles. The molecule has 0 aromatic rings. The van der Waals surface area contributed by atoms with Gasteiger partial charge in [0, 0.05) is 26.2 Å². The van der Waals surface area contributed by atoms with Crippen molar-refractivity contribution >= 4 is 5.97 Å². The standard InChI is InChI=1S/C39H66O7/c1-5-6-7-8-9-10-14-18-21-24-27-37-36(44-32-42-4)28-29-38(46-37)35(43-31-41-3)26-23-20-17-15-12-11-13-16-19-22-25-34-30-33(2)45-39(34)40/h15,17,30,33,35-38H,5-14,16,18-19,21-22,24-29,31-32H2,1-4H3/b17-15+/t33-,35+,36+,37+,38+/m0/s1. The highest BCUT2D eigenvalue weighted by molar-refractivity contribution is 5.90. The Kier molecular flexibility index (Phi) is 24.0. The molecule has 0 radical (unpaired) electrons. The van der Waals surface area contributed by atoms with Gasteiger partial charge in [0.15, 0.2) is 0 Å². The van der Waals surface area contributed by atoms with Crippen molar-refractivity contribution < 1.29 is 33.2 Å². The molecule has 0 amide bonds. The number of carbonyl (C=O) groups excluding carboxylic acids is 1. The van der Waals surface area contributed by atoms with E-state index in [1.54, 1.807) is 14.2 Å². The Bertz CT molecular complexity index is 889. The molecule has 0 bridgehead atoms. The molecule has 5 atom stereocenters. The molecule has 0 spiro atoms. The van der Waals surface area contributed by atoms with Gasteiger partial charge in [0.2, 0.25) is 0 Å². The van der Waals surface area contributed by atoms with E-state index < -0.39 is 0 Å². The van der Waals surface area contributed by atoms with Crippen molar-refractivity contribution in [1.82, 2.24) is 0 Å². The van der Waals surface area contributed by atoms with E-state index in [9.17, 15) is 4.79 Å². The number of unbranched alkanes of at least 4 members (excludes halogenated alkanes) is 14. The summed E-state index contributed by atoms with van der Waals surface area (Å²) in [5.41, 5.74) is 0.850. The molecular formula is C39H66O7. The van der Waals surface area contributed by atoms with Gasteiger partial charge >= 0.3 is 5.97 Å². The van der Waals surface area contributed by atoms with Crippen molar-refractivity contribution in [3.8, 4) is 11.8 Å². The van der Waals surface area contributed by atoms with E-state index in [1.165, 1.54) is 70.6 Å². The van der Waals surface area contributed by atoms with Crippen LogP contribution in [0.3, 0.4) is 0 Å². The summed E-state index contributed by atoms with van der Waals surface area (Å²) in [5, 5.41) is 0. The first kappa shape index (κ1) is 40.5. The molecule has 0 unspecified atom stereocenters. The van der Waals surface area contributed by atoms with Crippen LogP contribution in [0.25, 0.3) is 0 Å². The third kappa shape index (κ3) is 18.6. The molecular weight excluding hydrogens is 580 g/mol. The second-order valence-electron chi connectivity index (χ2n) is 13.0. The Morgan fingerprint density at radius 2 is 1.57 bits per heavy atom. The van der Waals surface area contributed by atoms with Crippen LogP contribution < -0.4 is 0 Å². The van der Waals surface area contributed by atoms with Gasteiger partial charge in [-0.25, -0.2) is 4.79 Å². The van der Waals surface area contributed by atoms with Gasteiger partial charge in [0.05, 0.1) is 24.4 Å². The normalized spacial score (nSPS) is 22.1. The lowest BCUT2D eigenvalue weighted by atomic mass is 9.93. The Morgan fingerprint density at radius 1 is 0.891 bits per heavy atom. The molecule has 2 rings (SSSR count). The van der Waals surface area contributed by atoms with Crippen molar-refractivity contribution in [2.45, 2.75) is 179 Å². The maximum absolute atomic E-state index is 11.7. The zero-order valence-corrected chi connectivity index (χ0v) is 29.7. The number of carbonyl (C=O) groups is 1. The minimum atomic E-state index is -0.135. The van der Waals surface area contributed by atoms with Crippen molar-refractivity contribution in [1.29, 1.82) is 0 Å². The average Bonchev–Trinajstić information content (AvgIpc) is 3.39. The first-order valence-electron chi connectivity index (χ1n) is 18.5. The Balaban J connectivity index is 1.68. The van der Waals surface area contributed by atoms with E-state index in [1.807, 2.05) is 19.1 Å². The maximum atomic E-state index is 11.7. The fourth-order valence-corrected chi connectivity index (χ4v) is 6.34. The zero-order valence-electron chi connectivity index (χ0n) is 29.7. The van der Waals surface area contributed by atoms with Crippen LogP contribution in [0.15, 0.2) is 23.8 Å². The molecule has 1 fully saturated rings. The maximum Gasteiger partial charge on any atom is 0.334 e. The van der Waals surface area contributed by atoms with Crippen LogP contribution in [0.1, 0.15) is 149 Å². The molecule has 2 aliphatic heterocycles. The van der Waals surface area contributed by atoms with Gasteiger partial charge in [0.25, 0.3) is 0 Å². The zero-order chi connectivity index (χ0) is 33.1. The molecule has 0 saturated carbocycles. The summed E-state index contributed by atoms with van der Waals surface area (Å²) >= 11 is 0. The average molecular weight is 647 g/mol. The van der Waals surface area contributed by atoms with E-state index >= 15 is 0 Å². The van der Waals surface area contributed by atoms with Gasteiger partial charge in [0.1, 0.15) is 19.7 Å². The third-order valence-electron chi connectivity index (χ3n) is 8.97. The number of esters is 1. The molecule has 1 saturated heterocycles. The molecule has 2 aliphatic rings. The Morgan fingerprint density at radius 3 is 2.24 bits per heavy atom. The summed E-state index contributed by atoms with van der Waals surface area (Å²) < 4.78 is 34.4. The van der Waals surface area contributed by atoms with Crippen LogP contribution in [-0.4, -0.2) is 64.3 Å². The fraction of sp³-hybridized carbons (Fsp3) is 0.821. The third-order valence-corrected chi connectivity index (χ3v) is 8.97. The van der Waals surface area contributed by atoms with E-state index in [2.05, 4.69) is 24.8 Å². The monoisotopic (exact) mass is 646 g/mol. The number of rotatable bonds is 27. The highest BCUT2D eigenvalue weighted by Crippen LogP contribution is 2.30. The first-order valence-corrected chi connectivity index (χ1v) is 18.5. The van der Waals surface area contributed by atoms with E-state index in [-0.39, 0.29) is 43.3 Å². The minimum absolute atomic E-state index is 0.0250. The van der Waals surface area contributed by atoms with E-state index in [4.69, 9.17) is 28.4 Å². The van der Waals surface area contributed by atoms with Gasteiger partial charge in [-0.15, -0.1) is 0 Å². The summed E-state index contributed by atoms with van der Waals surface area (Å²) in [4.78, 5) is 11.7. The number of cyclic esters (lactones) is 1. The second-order valence-corrected chi connectivity index (χ2v) is 13.0. The first-order chi connectivity index (χ1) is 22.6. The molecule has 0 aliphatic carbocycles. The number of hydrogen-bond donors (Lipinski definition) is 0. The van der Waals surface area contributed by atoms with Crippen LogP contribution in [0.5, 0.6) is 0 Å². The summed E-state index contributed by atoms with van der Waals surface area (Å²) in [6, 6.07) is 0. The largest absolute Gasteiger partial charge is 0.455 e. The summed E-state index contributed by atoms with van der Waals surface area (Å²) in [5.74, 6) is 6.37. The van der Waals surface area contributed by atoms with Crippen LogP contribution in [0.2, 0.25) is 0 Å². The minimum Gasteiger partial charge on any atom is -0.455 e. The van der Waals surface area contributed by atoms with Crippen molar-refractivity contribution in [2.75, 3.05) is 27.8 Å². The van der Waals surface area contributed by atoms with Crippen molar-refractivity contribution in [2.24, 2.45) is 0 Å². The van der Waals surface area contributed by atoms with Crippen LogP contribution in [0, 0.1) is 11.8 Å². The van der Waals surface area contributed by atoms with Gasteiger partial charge in [-0.2, -0.15) is 0 Å². The smallest absolute Gasteiger partial charge is 0.334 e. The SMILES string of the molecule is CCCCCCCCCCCC[C@H]1O[C@@H]([C@@H](CC#C/C=C/CCCCCCCC2=C[C@H](C)OC2=O)OCOC)CC[C@H]1OCOC. The van der Waals surface area contributed by atoms with Crippen molar-refractivity contribution in [3.63, 3.8) is 0 Å². The summed E-state index contributed by atoms with van der Waals surface area (Å²) in [7, 11) is 3.32. The number of methoxy groups -OCH3 is 2. The fourth-order valence-electron chi connectivity index (χ4n) is 6.34. The molecule has 0 aromatic heterocycles. The number of allylic oxidation sites excluding steroid dienone is 2. The topological polar surface area (TPSA) is 72.5 Å². The second kappa shape index (κ2) is 27.3. The molecule has 0 N–H and O–H groups in total. The Labute approximate surface area is 281 Å². The number of ether oxygens (including phenoxy) is 6. The summed E-state index contributed by atoms with van der Waals surface area (Å²) in [6.07, 6.45) is 30.2. The molecule has 2 heterocycles. The van der Waals surface area contributed by atoms with Gasteiger partial charge in [-0.3, -0.25) is 0 Å². The highest BCUT2D eigenvalue weighted by Gasteiger charge is 2.35. The number of hydrogen-bond acceptors (Lipinski definition) is 7. The van der Waals surface area contributed by atoms with Gasteiger partial charge in [-0.05, 0) is 64.0 Å². The molecule has 46 heavy (non-hydrogen) atoms. The van der Waals surface area contributed by atoms with E-state index in [0.29, 0.717) is 13.2 Å². The lowest BCUT2D eigenvalue weighted by molar-refractivity contribution is -0.207. The quantitative estimate of drug-likeness (QED) is 0.0381. The van der Waals surface area contributed by atoms with Crippen LogP contribution in [-0.2, 0) is 33.2 Å². The van der Waals surface area contributed by atoms with Crippen LogP contribution in [0.4, 0.5) is 0 Å². The molecule has 7 nitrogen and oxygen atoms in total. The lowest BCUT2D eigenvalue weighted by Gasteiger charge is -2.39. The Hall–Kier alpha value is -1.69. The van der Waals surface area contributed by atoms with E-state index in [0.717, 1.165) is 63.4 Å². The van der Waals surface area contributed by atoms with Gasteiger partial charge < -0.3 is 28.4 Å². The predicted molar refractivity (Wildman–Crippen MR) is 185 cm³/mol. The van der Waals surface area contributed by atoms with Crippen molar-refractivity contribution in [3.05, 3.63) is 23.8 Å². The van der Waals surface area contributed by atoms with Crippen LogP contribution >= 0.6 is 0 Å². The molecule has 264 valence electrons. The predicted octanol–water partition coefficient (Wildman–Crippen LogP) is 9.38. The summed E-state index contributed by atoms with van der Waals surface area (Å²) in [6.45, 7) is 4.71.